The van der Waals surface area contributed by atoms with Gasteiger partial charge in [0.2, 0.25) is 5.56 Å². The molecular formula is C10H8F5NO4. The van der Waals surface area contributed by atoms with Crippen LogP contribution in [0.25, 0.3) is 0 Å². The Morgan fingerprint density at radius 3 is 2.45 bits per heavy atom. The van der Waals surface area contributed by atoms with Crippen molar-refractivity contribution in [2.45, 2.75) is 19.2 Å². The number of hydrogen-bond acceptors (Lipinski definition) is 4. The fourth-order valence-corrected chi connectivity index (χ4v) is 1.37. The third-order valence-electron chi connectivity index (χ3n) is 2.10. The van der Waals surface area contributed by atoms with Gasteiger partial charge in [-0.1, -0.05) is 0 Å². The number of methoxy groups -OCH3 is 1. The first-order chi connectivity index (χ1) is 9.14. The normalized spacial score (nSPS) is 11.6. The number of carbonyl (C=O) groups is 1. The maximum absolute atomic E-state index is 12.6. The van der Waals surface area contributed by atoms with E-state index in [-0.39, 0.29) is 0 Å². The van der Waals surface area contributed by atoms with Crippen LogP contribution in [0.15, 0.2) is 10.9 Å². The Labute approximate surface area is 108 Å². The number of hydrogen-bond donors (Lipinski definition) is 1. The van der Waals surface area contributed by atoms with Crippen LogP contribution in [-0.4, -0.2) is 24.4 Å². The highest BCUT2D eigenvalue weighted by atomic mass is 19.4. The van der Waals surface area contributed by atoms with Gasteiger partial charge in [0.1, 0.15) is 5.69 Å². The Morgan fingerprint density at radius 1 is 1.40 bits per heavy atom. The molecule has 1 aromatic heterocycles. The molecule has 0 aromatic carbocycles. The lowest BCUT2D eigenvalue weighted by Gasteiger charge is -2.15. The average molecular weight is 301 g/mol. The number of nitrogens with one attached hydrogen (secondary N) is 1. The summed E-state index contributed by atoms with van der Waals surface area (Å²) < 4.78 is 69.6. The second-order valence-electron chi connectivity index (χ2n) is 3.50. The van der Waals surface area contributed by atoms with E-state index in [1.807, 2.05) is 0 Å². The van der Waals surface area contributed by atoms with E-state index in [1.54, 1.807) is 4.98 Å². The second-order valence-corrected chi connectivity index (χ2v) is 3.50. The number of halogens is 5. The average Bonchev–Trinajstić information content (AvgIpc) is 2.30. The Morgan fingerprint density at radius 2 is 2.00 bits per heavy atom. The Hall–Kier alpha value is -2.13. The smallest absolute Gasteiger partial charge is 0.469 e. The van der Waals surface area contributed by atoms with Crippen LogP contribution in [0.2, 0.25) is 0 Å². The van der Waals surface area contributed by atoms with Gasteiger partial charge in [0.25, 0.3) is 6.43 Å². The van der Waals surface area contributed by atoms with Crippen molar-refractivity contribution in [1.82, 2.24) is 4.98 Å². The minimum atomic E-state index is -5.26. The van der Waals surface area contributed by atoms with Crippen molar-refractivity contribution in [1.29, 1.82) is 0 Å². The maximum atomic E-state index is 12.6. The summed E-state index contributed by atoms with van der Waals surface area (Å²) in [6, 6.07) is 0.559. The van der Waals surface area contributed by atoms with Crippen molar-refractivity contribution in [3.8, 4) is 5.75 Å². The number of rotatable bonds is 4. The minimum absolute atomic E-state index is 0.559. The number of alkyl halides is 5. The van der Waals surface area contributed by atoms with Crippen molar-refractivity contribution >= 4 is 5.97 Å². The van der Waals surface area contributed by atoms with Crippen molar-refractivity contribution in [2.75, 3.05) is 7.11 Å². The summed E-state index contributed by atoms with van der Waals surface area (Å²) >= 11 is 0. The van der Waals surface area contributed by atoms with Crippen LogP contribution in [0.3, 0.4) is 0 Å². The molecule has 0 aliphatic rings. The van der Waals surface area contributed by atoms with E-state index in [9.17, 15) is 31.5 Å². The van der Waals surface area contributed by atoms with E-state index in [0.717, 1.165) is 7.11 Å². The molecule has 0 atom stereocenters. The topological polar surface area (TPSA) is 68.4 Å². The highest BCUT2D eigenvalue weighted by molar-refractivity contribution is 5.73. The van der Waals surface area contributed by atoms with Gasteiger partial charge < -0.3 is 14.5 Å². The van der Waals surface area contributed by atoms with Gasteiger partial charge in [-0.3, -0.25) is 9.59 Å². The molecular weight excluding hydrogens is 293 g/mol. The molecule has 1 heterocycles. The largest absolute Gasteiger partial charge is 0.573 e. The van der Waals surface area contributed by atoms with Crippen molar-refractivity contribution in [2.24, 2.45) is 0 Å². The molecule has 0 saturated carbocycles. The first-order valence-electron chi connectivity index (χ1n) is 5.01. The van der Waals surface area contributed by atoms with E-state index in [2.05, 4.69) is 9.47 Å². The Balaban J connectivity index is 3.38. The monoisotopic (exact) mass is 301 g/mol. The zero-order valence-electron chi connectivity index (χ0n) is 9.88. The molecule has 10 heteroatoms. The van der Waals surface area contributed by atoms with E-state index in [1.165, 1.54) is 0 Å². The molecule has 1 N–H and O–H groups in total. The van der Waals surface area contributed by atoms with E-state index >= 15 is 0 Å². The Kier molecular flexibility index (Phi) is 4.69. The molecule has 1 aromatic rings. The fourth-order valence-electron chi connectivity index (χ4n) is 1.37. The lowest BCUT2D eigenvalue weighted by atomic mass is 10.1. The van der Waals surface area contributed by atoms with E-state index in [0.29, 0.717) is 6.07 Å². The predicted molar refractivity (Wildman–Crippen MR) is 54.4 cm³/mol. The molecule has 112 valence electrons. The number of carbonyl (C=O) groups excluding carboxylic acids is 1. The zero-order chi connectivity index (χ0) is 15.5. The molecule has 20 heavy (non-hydrogen) atoms. The van der Waals surface area contributed by atoms with Crippen LogP contribution >= 0.6 is 0 Å². The molecule has 1 rings (SSSR count). The van der Waals surface area contributed by atoms with E-state index in [4.69, 9.17) is 0 Å². The van der Waals surface area contributed by atoms with Gasteiger partial charge in [0.15, 0.2) is 5.75 Å². The molecule has 0 spiro atoms. The van der Waals surface area contributed by atoms with Gasteiger partial charge in [-0.15, -0.1) is 13.2 Å². The molecule has 0 bridgehead atoms. The first-order valence-corrected chi connectivity index (χ1v) is 5.01. The number of ether oxygens (including phenoxy) is 2. The molecule has 0 aliphatic carbocycles. The first kappa shape index (κ1) is 15.9. The number of aromatic nitrogens is 1. The van der Waals surface area contributed by atoms with Crippen LogP contribution in [0.1, 0.15) is 17.7 Å². The number of esters is 1. The molecule has 0 unspecified atom stereocenters. The van der Waals surface area contributed by atoms with Gasteiger partial charge in [0, 0.05) is 11.6 Å². The zero-order valence-corrected chi connectivity index (χ0v) is 9.88. The molecule has 0 fully saturated rings. The quantitative estimate of drug-likeness (QED) is 0.681. The summed E-state index contributed by atoms with van der Waals surface area (Å²) in [5, 5.41) is 0. The van der Waals surface area contributed by atoms with E-state index < -0.39 is 47.7 Å². The number of aromatic amines is 1. The third-order valence-corrected chi connectivity index (χ3v) is 2.10. The summed E-state index contributed by atoms with van der Waals surface area (Å²) in [5.74, 6) is -2.32. The maximum Gasteiger partial charge on any atom is 0.573 e. The summed E-state index contributed by atoms with van der Waals surface area (Å²) in [7, 11) is 0.952. The van der Waals surface area contributed by atoms with Gasteiger partial charge in [-0.2, -0.15) is 0 Å². The van der Waals surface area contributed by atoms with Crippen molar-refractivity contribution < 1.29 is 36.2 Å². The standard InChI is InChI=1S/C10H8F5NO4/c1-19-6(18)3-4-2-5(17)16-7(9(11)12)8(4)20-10(13,14)15/h2,9H,3H2,1H3,(H,16,17). The van der Waals surface area contributed by atoms with Gasteiger partial charge in [0.05, 0.1) is 13.5 Å². The molecule has 0 amide bonds. The van der Waals surface area contributed by atoms with Crippen LogP contribution in [0.4, 0.5) is 22.0 Å². The van der Waals surface area contributed by atoms with Gasteiger partial charge >= 0.3 is 12.3 Å². The number of H-pyrrole nitrogens is 1. The number of pyridine rings is 1. The van der Waals surface area contributed by atoms with Crippen LogP contribution in [0.5, 0.6) is 5.75 Å². The summed E-state index contributed by atoms with van der Waals surface area (Å²) in [4.78, 5) is 23.7. The van der Waals surface area contributed by atoms with Crippen LogP contribution < -0.4 is 10.3 Å². The SMILES string of the molecule is COC(=O)Cc1cc(=O)[nH]c(C(F)F)c1OC(F)(F)F. The van der Waals surface area contributed by atoms with Crippen LogP contribution in [0, 0.1) is 0 Å². The van der Waals surface area contributed by atoms with Crippen molar-refractivity contribution in [3.05, 3.63) is 27.7 Å². The molecule has 5 nitrogen and oxygen atoms in total. The fraction of sp³-hybridized carbons (Fsp3) is 0.400. The Bertz CT molecular complexity index is 552. The molecule has 0 aliphatic heterocycles. The summed E-state index contributed by atoms with van der Waals surface area (Å²) in [6.07, 6.45) is -9.49. The van der Waals surface area contributed by atoms with Crippen molar-refractivity contribution in [3.63, 3.8) is 0 Å². The predicted octanol–water partition coefficient (Wildman–Crippen LogP) is 1.93. The molecule has 0 radical (unpaired) electrons. The third kappa shape index (κ3) is 4.21. The second kappa shape index (κ2) is 5.88. The van der Waals surface area contributed by atoms with Gasteiger partial charge in [-0.05, 0) is 0 Å². The van der Waals surface area contributed by atoms with Gasteiger partial charge in [-0.25, -0.2) is 8.78 Å². The highest BCUT2D eigenvalue weighted by Gasteiger charge is 2.35. The van der Waals surface area contributed by atoms with Crippen LogP contribution in [-0.2, 0) is 16.0 Å². The lowest BCUT2D eigenvalue weighted by molar-refractivity contribution is -0.275. The summed E-state index contributed by atoms with van der Waals surface area (Å²) in [5.41, 5.74) is -3.09. The highest BCUT2D eigenvalue weighted by Crippen LogP contribution is 2.33. The molecule has 0 saturated heterocycles. The lowest BCUT2D eigenvalue weighted by Crippen LogP contribution is -2.23. The summed E-state index contributed by atoms with van der Waals surface area (Å²) in [6.45, 7) is 0. The minimum Gasteiger partial charge on any atom is -0.469 e.